The minimum atomic E-state index is -3.60. The average molecular weight is 489 g/mol. The maximum atomic E-state index is 13.1. The van der Waals surface area contributed by atoms with Gasteiger partial charge >= 0.3 is 0 Å². The molecule has 2 N–H and O–H groups in total. The summed E-state index contributed by atoms with van der Waals surface area (Å²) in [6, 6.07) is 21.3. The molecule has 1 aliphatic rings. The van der Waals surface area contributed by atoms with Crippen LogP contribution in [-0.4, -0.2) is 41.7 Å². The van der Waals surface area contributed by atoms with Gasteiger partial charge in [0, 0.05) is 24.2 Å². The molecule has 0 radical (unpaired) electrons. The summed E-state index contributed by atoms with van der Waals surface area (Å²) in [5.41, 5.74) is 3.52. The fraction of sp³-hybridized carbons (Fsp3) is 0.259. The predicted octanol–water partition coefficient (Wildman–Crippen LogP) is 5.15. The number of rotatable bonds is 5. The van der Waals surface area contributed by atoms with Gasteiger partial charge in [0.25, 0.3) is 5.91 Å². The van der Waals surface area contributed by atoms with Crippen LogP contribution in [-0.2, 0) is 10.0 Å². The third-order valence-electron chi connectivity index (χ3n) is 6.41. The zero-order valence-corrected chi connectivity index (χ0v) is 20.5. The summed E-state index contributed by atoms with van der Waals surface area (Å²) < 4.78 is 27.8. The van der Waals surface area contributed by atoms with Gasteiger partial charge in [-0.3, -0.25) is 4.79 Å². The van der Waals surface area contributed by atoms with Crippen molar-refractivity contribution < 1.29 is 13.2 Å². The number of benzene rings is 3. The predicted molar refractivity (Wildman–Crippen MR) is 138 cm³/mol. The number of carbonyl (C=O) groups is 1. The van der Waals surface area contributed by atoms with Crippen LogP contribution in [0.5, 0.6) is 0 Å². The van der Waals surface area contributed by atoms with Crippen LogP contribution < -0.4 is 5.32 Å². The summed E-state index contributed by atoms with van der Waals surface area (Å²) in [5.74, 6) is 0.988. The number of aromatic amines is 1. The van der Waals surface area contributed by atoms with Gasteiger partial charge in [0.05, 0.1) is 21.6 Å². The Hall–Kier alpha value is -3.49. The number of H-pyrrole nitrogens is 1. The van der Waals surface area contributed by atoms with Crippen molar-refractivity contribution in [3.8, 4) is 11.4 Å². The highest BCUT2D eigenvalue weighted by molar-refractivity contribution is 7.89. The zero-order chi connectivity index (χ0) is 24.6. The standard InChI is InChI=1S/C27H28N4O3S/c1-18-15-19(2)17-31(16-18)35(33,34)21-13-11-20(12-14-21)27(32)30-23-8-4-3-7-22(23)26-28-24-9-5-6-10-25(24)29-26/h3-14,18-19H,15-17H2,1-2H3,(H,28,29)(H,30,32)/t18-,19-/m1/s1. The van der Waals surface area contributed by atoms with Crippen LogP contribution in [0.4, 0.5) is 5.69 Å². The van der Waals surface area contributed by atoms with Crippen LogP contribution in [0, 0.1) is 11.8 Å². The Morgan fingerprint density at radius 3 is 2.31 bits per heavy atom. The summed E-state index contributed by atoms with van der Waals surface area (Å²) in [4.78, 5) is 21.2. The molecular weight excluding hydrogens is 460 g/mol. The maximum Gasteiger partial charge on any atom is 0.255 e. The molecule has 1 amide bonds. The molecule has 35 heavy (non-hydrogen) atoms. The van der Waals surface area contributed by atoms with Crippen molar-refractivity contribution >= 4 is 32.7 Å². The van der Waals surface area contributed by atoms with Gasteiger partial charge in [-0.15, -0.1) is 0 Å². The summed E-state index contributed by atoms with van der Waals surface area (Å²) in [6.07, 6.45) is 1.03. The van der Waals surface area contributed by atoms with Gasteiger partial charge in [0.1, 0.15) is 5.82 Å². The number of aromatic nitrogens is 2. The fourth-order valence-corrected chi connectivity index (χ4v) is 6.48. The highest BCUT2D eigenvalue weighted by Crippen LogP contribution is 2.29. The molecule has 1 fully saturated rings. The monoisotopic (exact) mass is 488 g/mol. The average Bonchev–Trinajstić information content (AvgIpc) is 3.28. The van der Waals surface area contributed by atoms with Crippen LogP contribution in [0.3, 0.4) is 0 Å². The highest BCUT2D eigenvalue weighted by atomic mass is 32.2. The maximum absolute atomic E-state index is 13.1. The van der Waals surface area contributed by atoms with Crippen molar-refractivity contribution in [1.29, 1.82) is 0 Å². The molecule has 1 aliphatic heterocycles. The number of sulfonamides is 1. The first-order valence-corrected chi connectivity index (χ1v) is 13.2. The number of para-hydroxylation sites is 3. The Labute approximate surface area is 205 Å². The largest absolute Gasteiger partial charge is 0.338 e. The number of piperidine rings is 1. The third kappa shape index (κ3) is 4.72. The van der Waals surface area contributed by atoms with E-state index >= 15 is 0 Å². The molecule has 5 rings (SSSR count). The second-order valence-electron chi connectivity index (χ2n) is 9.39. The fourth-order valence-electron chi connectivity index (χ4n) is 4.80. The first-order chi connectivity index (χ1) is 16.8. The van der Waals surface area contributed by atoms with Gasteiger partial charge < -0.3 is 10.3 Å². The van der Waals surface area contributed by atoms with Crippen LogP contribution in [0.1, 0.15) is 30.6 Å². The lowest BCUT2D eigenvalue weighted by Crippen LogP contribution is -2.42. The van der Waals surface area contributed by atoms with Gasteiger partial charge in [0.2, 0.25) is 10.0 Å². The van der Waals surface area contributed by atoms with E-state index in [1.165, 1.54) is 12.1 Å². The third-order valence-corrected chi connectivity index (χ3v) is 8.26. The van der Waals surface area contributed by atoms with Gasteiger partial charge in [-0.05, 0) is 66.8 Å². The molecule has 0 saturated carbocycles. The number of nitrogens with zero attached hydrogens (tertiary/aromatic N) is 2. The molecular formula is C27H28N4O3S. The molecule has 2 atom stereocenters. The summed E-state index contributed by atoms with van der Waals surface area (Å²) in [7, 11) is -3.60. The zero-order valence-electron chi connectivity index (χ0n) is 19.7. The van der Waals surface area contributed by atoms with Crippen LogP contribution >= 0.6 is 0 Å². The first-order valence-electron chi connectivity index (χ1n) is 11.8. The van der Waals surface area contributed by atoms with Gasteiger partial charge in [-0.2, -0.15) is 4.31 Å². The molecule has 0 spiro atoms. The highest BCUT2D eigenvalue weighted by Gasteiger charge is 2.31. The number of hydrogen-bond acceptors (Lipinski definition) is 4. The van der Waals surface area contributed by atoms with E-state index in [-0.39, 0.29) is 10.8 Å². The topological polar surface area (TPSA) is 95.2 Å². The smallest absolute Gasteiger partial charge is 0.255 e. The molecule has 0 aliphatic carbocycles. The number of carbonyl (C=O) groups excluding carboxylic acids is 1. The first kappa shape index (κ1) is 23.3. The molecule has 8 heteroatoms. The molecule has 1 aromatic heterocycles. The van der Waals surface area contributed by atoms with Crippen molar-refractivity contribution in [3.05, 3.63) is 78.4 Å². The molecule has 7 nitrogen and oxygen atoms in total. The summed E-state index contributed by atoms with van der Waals surface area (Å²) >= 11 is 0. The van der Waals surface area contributed by atoms with Crippen molar-refractivity contribution in [2.45, 2.75) is 25.2 Å². The van der Waals surface area contributed by atoms with E-state index in [4.69, 9.17) is 0 Å². The normalized spacial score (nSPS) is 19.0. The number of amides is 1. The van der Waals surface area contributed by atoms with Crippen LogP contribution in [0.25, 0.3) is 22.4 Å². The van der Waals surface area contributed by atoms with Crippen LogP contribution in [0.2, 0.25) is 0 Å². The Bertz CT molecular complexity index is 1430. The Morgan fingerprint density at radius 1 is 0.943 bits per heavy atom. The SMILES string of the molecule is C[C@@H]1C[C@@H](C)CN(S(=O)(=O)c2ccc(C(=O)Nc3ccccc3-c3nc4ccccc4[nH]3)cc2)C1. The van der Waals surface area contributed by atoms with E-state index < -0.39 is 10.0 Å². The number of imidazole rings is 1. The van der Waals surface area contributed by atoms with E-state index in [2.05, 4.69) is 29.1 Å². The number of fused-ring (bicyclic) bond motifs is 1. The van der Waals surface area contributed by atoms with Gasteiger partial charge in [-0.25, -0.2) is 13.4 Å². The van der Waals surface area contributed by atoms with E-state index in [1.807, 2.05) is 48.5 Å². The molecule has 0 unspecified atom stereocenters. The van der Waals surface area contributed by atoms with Gasteiger partial charge in [-0.1, -0.05) is 38.1 Å². The lowest BCUT2D eigenvalue weighted by molar-refractivity contribution is 0.102. The van der Waals surface area contributed by atoms with Crippen LogP contribution in [0.15, 0.2) is 77.7 Å². The lowest BCUT2D eigenvalue weighted by Gasteiger charge is -2.34. The van der Waals surface area contributed by atoms with Crippen molar-refractivity contribution in [3.63, 3.8) is 0 Å². The second-order valence-corrected chi connectivity index (χ2v) is 11.3. The number of nitrogens with one attached hydrogen (secondary N) is 2. The lowest BCUT2D eigenvalue weighted by atomic mass is 9.94. The minimum absolute atomic E-state index is 0.207. The van der Waals surface area contributed by atoms with E-state index in [1.54, 1.807) is 16.4 Å². The minimum Gasteiger partial charge on any atom is -0.338 e. The van der Waals surface area contributed by atoms with Crippen molar-refractivity contribution in [2.24, 2.45) is 11.8 Å². The van der Waals surface area contributed by atoms with E-state index in [0.29, 0.717) is 42.0 Å². The van der Waals surface area contributed by atoms with E-state index in [9.17, 15) is 13.2 Å². The summed E-state index contributed by atoms with van der Waals surface area (Å²) in [6.45, 7) is 5.20. The second kappa shape index (κ2) is 9.28. The van der Waals surface area contributed by atoms with Crippen molar-refractivity contribution in [1.82, 2.24) is 14.3 Å². The molecule has 3 aromatic carbocycles. The Kier molecular flexibility index (Phi) is 6.17. The molecule has 2 heterocycles. The number of anilines is 1. The Balaban J connectivity index is 1.36. The Morgan fingerprint density at radius 2 is 1.60 bits per heavy atom. The molecule has 4 aromatic rings. The van der Waals surface area contributed by atoms with Gasteiger partial charge in [0.15, 0.2) is 0 Å². The van der Waals surface area contributed by atoms with Crippen molar-refractivity contribution in [2.75, 3.05) is 18.4 Å². The molecule has 0 bridgehead atoms. The summed E-state index contributed by atoms with van der Waals surface area (Å²) in [5, 5.41) is 2.94. The number of hydrogen-bond donors (Lipinski definition) is 2. The van der Waals surface area contributed by atoms with E-state index in [0.717, 1.165) is 23.0 Å². The molecule has 180 valence electrons. The molecule has 1 saturated heterocycles. The quantitative estimate of drug-likeness (QED) is 0.406.